The predicted molar refractivity (Wildman–Crippen MR) is 64.7 cm³/mol. The van der Waals surface area contributed by atoms with Gasteiger partial charge in [-0.1, -0.05) is 28.9 Å². The monoisotopic (exact) mass is 263 g/mol. The molecule has 6 heteroatoms. The molecule has 1 aromatic carbocycles. The van der Waals surface area contributed by atoms with Crippen molar-refractivity contribution in [2.24, 2.45) is 0 Å². The second-order valence-corrected chi connectivity index (χ2v) is 4.12. The fourth-order valence-corrected chi connectivity index (χ4v) is 1.69. The molecular weight excluding hydrogens is 254 g/mol. The van der Waals surface area contributed by atoms with Crippen LogP contribution in [0, 0.1) is 11.3 Å². The van der Waals surface area contributed by atoms with E-state index in [0.717, 1.165) is 0 Å². The number of halogens is 1. The molecule has 1 aromatic heterocycles. The number of nitrogens with zero attached hydrogens (tertiary/aromatic N) is 3. The molecule has 1 unspecified atom stereocenters. The molecule has 0 fully saturated rings. The quantitative estimate of drug-likeness (QED) is 0.914. The molecule has 0 radical (unpaired) electrons. The first-order chi connectivity index (χ1) is 8.70. The van der Waals surface area contributed by atoms with Gasteiger partial charge in [0.2, 0.25) is 11.7 Å². The maximum absolute atomic E-state index is 9.46. The van der Waals surface area contributed by atoms with Gasteiger partial charge in [0.1, 0.15) is 0 Å². The minimum Gasteiger partial charge on any atom is -0.392 e. The molecular formula is C12H10ClN3O2. The molecule has 2 aromatic rings. The molecule has 18 heavy (non-hydrogen) atoms. The van der Waals surface area contributed by atoms with Crippen LogP contribution in [0.1, 0.15) is 12.3 Å². The second kappa shape index (κ2) is 5.63. The third-order valence-electron chi connectivity index (χ3n) is 2.32. The Morgan fingerprint density at radius 3 is 2.94 bits per heavy atom. The van der Waals surface area contributed by atoms with Crippen LogP contribution in [0.15, 0.2) is 28.8 Å². The lowest BCUT2D eigenvalue weighted by Gasteiger charge is -2.00. The summed E-state index contributed by atoms with van der Waals surface area (Å²) in [4.78, 5) is 4.13. The zero-order valence-electron chi connectivity index (χ0n) is 9.38. The molecule has 0 saturated carbocycles. The van der Waals surface area contributed by atoms with E-state index in [0.29, 0.717) is 16.4 Å². The van der Waals surface area contributed by atoms with E-state index in [9.17, 15) is 5.11 Å². The molecule has 0 aliphatic carbocycles. The largest absolute Gasteiger partial charge is 0.392 e. The van der Waals surface area contributed by atoms with Gasteiger partial charge < -0.3 is 9.63 Å². The molecule has 2 rings (SSSR count). The number of benzene rings is 1. The number of aromatic nitrogens is 2. The molecule has 0 bridgehead atoms. The number of nitriles is 1. The Bertz CT molecular complexity index is 577. The summed E-state index contributed by atoms with van der Waals surface area (Å²) in [7, 11) is 0. The van der Waals surface area contributed by atoms with Gasteiger partial charge in [-0.15, -0.1) is 0 Å². The van der Waals surface area contributed by atoms with Gasteiger partial charge in [-0.25, -0.2) is 0 Å². The average molecular weight is 264 g/mol. The molecule has 0 saturated heterocycles. The maximum Gasteiger partial charge on any atom is 0.229 e. The highest BCUT2D eigenvalue weighted by Gasteiger charge is 2.14. The number of aliphatic hydroxyl groups excluding tert-OH is 1. The highest BCUT2D eigenvalue weighted by molar-refractivity contribution is 6.33. The van der Waals surface area contributed by atoms with Gasteiger partial charge in [-0.3, -0.25) is 0 Å². The number of aliphatic hydroxyl groups is 1. The van der Waals surface area contributed by atoms with Gasteiger partial charge in [0.05, 0.1) is 30.0 Å². The summed E-state index contributed by atoms with van der Waals surface area (Å²) in [6, 6.07) is 9.02. The van der Waals surface area contributed by atoms with Crippen molar-refractivity contribution in [3.8, 4) is 17.5 Å². The lowest BCUT2D eigenvalue weighted by atomic mass is 10.2. The van der Waals surface area contributed by atoms with Gasteiger partial charge in [-0.2, -0.15) is 10.2 Å². The van der Waals surface area contributed by atoms with Crippen LogP contribution in [0.2, 0.25) is 5.02 Å². The van der Waals surface area contributed by atoms with Crippen LogP contribution in [0.4, 0.5) is 0 Å². The number of hydrogen-bond donors (Lipinski definition) is 1. The van der Waals surface area contributed by atoms with E-state index in [1.54, 1.807) is 12.1 Å². The first-order valence-corrected chi connectivity index (χ1v) is 5.71. The topological polar surface area (TPSA) is 82.9 Å². The predicted octanol–water partition coefficient (Wildman–Crippen LogP) is 2.21. The third-order valence-corrected chi connectivity index (χ3v) is 2.65. The van der Waals surface area contributed by atoms with Crippen molar-refractivity contribution >= 4 is 11.6 Å². The normalized spacial score (nSPS) is 12.1. The standard InChI is InChI=1S/C12H10ClN3O2/c13-10-4-2-1-3-9(10)12-15-11(18-16-12)7-8(17)5-6-14/h1-4,8,17H,5,7H2. The summed E-state index contributed by atoms with van der Waals surface area (Å²) in [6.07, 6.45) is -0.607. The summed E-state index contributed by atoms with van der Waals surface area (Å²) in [6.45, 7) is 0. The van der Waals surface area contributed by atoms with Crippen molar-refractivity contribution in [1.29, 1.82) is 5.26 Å². The van der Waals surface area contributed by atoms with Crippen LogP contribution in [0.5, 0.6) is 0 Å². The number of hydrogen-bond acceptors (Lipinski definition) is 5. The molecule has 5 nitrogen and oxygen atoms in total. The smallest absolute Gasteiger partial charge is 0.229 e. The van der Waals surface area contributed by atoms with Crippen molar-refractivity contribution in [1.82, 2.24) is 10.1 Å². The molecule has 1 atom stereocenters. The fraction of sp³-hybridized carbons (Fsp3) is 0.250. The SMILES string of the molecule is N#CCC(O)Cc1nc(-c2ccccc2Cl)no1. The summed E-state index contributed by atoms with van der Waals surface area (Å²) >= 11 is 6.01. The van der Waals surface area contributed by atoms with E-state index in [1.807, 2.05) is 18.2 Å². The summed E-state index contributed by atoms with van der Waals surface area (Å²) in [5.74, 6) is 0.660. The summed E-state index contributed by atoms with van der Waals surface area (Å²) in [5.41, 5.74) is 0.670. The molecule has 0 aliphatic heterocycles. The Labute approximate surface area is 109 Å². The van der Waals surface area contributed by atoms with Gasteiger partial charge in [0.15, 0.2) is 0 Å². The van der Waals surface area contributed by atoms with Crippen LogP contribution in [-0.2, 0) is 6.42 Å². The van der Waals surface area contributed by atoms with Crippen molar-refractivity contribution in [2.45, 2.75) is 18.9 Å². The Kier molecular flexibility index (Phi) is 3.92. The Morgan fingerprint density at radius 2 is 2.22 bits per heavy atom. The second-order valence-electron chi connectivity index (χ2n) is 3.71. The van der Waals surface area contributed by atoms with E-state index in [2.05, 4.69) is 10.1 Å². The average Bonchev–Trinajstić information content (AvgIpc) is 2.78. The minimum absolute atomic E-state index is 0.0316. The lowest BCUT2D eigenvalue weighted by molar-refractivity contribution is 0.167. The van der Waals surface area contributed by atoms with Gasteiger partial charge >= 0.3 is 0 Å². The van der Waals surface area contributed by atoms with E-state index in [4.69, 9.17) is 21.4 Å². The van der Waals surface area contributed by atoms with Gasteiger partial charge in [-0.05, 0) is 12.1 Å². The minimum atomic E-state index is -0.797. The summed E-state index contributed by atoms with van der Waals surface area (Å²) < 4.78 is 5.00. The maximum atomic E-state index is 9.46. The third kappa shape index (κ3) is 2.86. The van der Waals surface area contributed by atoms with E-state index in [-0.39, 0.29) is 18.7 Å². The molecule has 1 heterocycles. The molecule has 0 amide bonds. The van der Waals surface area contributed by atoms with Crippen LogP contribution in [0.25, 0.3) is 11.4 Å². The van der Waals surface area contributed by atoms with Crippen molar-refractivity contribution in [3.63, 3.8) is 0 Å². The van der Waals surface area contributed by atoms with Crippen molar-refractivity contribution in [3.05, 3.63) is 35.2 Å². The molecule has 0 spiro atoms. The molecule has 92 valence electrons. The zero-order valence-corrected chi connectivity index (χ0v) is 10.1. The molecule has 1 N–H and O–H groups in total. The first-order valence-electron chi connectivity index (χ1n) is 5.33. The van der Waals surface area contributed by atoms with E-state index in [1.165, 1.54) is 0 Å². The highest BCUT2D eigenvalue weighted by atomic mass is 35.5. The van der Waals surface area contributed by atoms with E-state index >= 15 is 0 Å². The first kappa shape index (κ1) is 12.6. The zero-order chi connectivity index (χ0) is 13.0. The Balaban J connectivity index is 2.16. The van der Waals surface area contributed by atoms with Crippen molar-refractivity contribution in [2.75, 3.05) is 0 Å². The Morgan fingerprint density at radius 1 is 1.44 bits per heavy atom. The van der Waals surface area contributed by atoms with Crippen molar-refractivity contribution < 1.29 is 9.63 Å². The van der Waals surface area contributed by atoms with Gasteiger partial charge in [0, 0.05) is 5.56 Å². The lowest BCUT2D eigenvalue weighted by Crippen LogP contribution is -2.09. The van der Waals surface area contributed by atoms with Crippen LogP contribution in [0.3, 0.4) is 0 Å². The van der Waals surface area contributed by atoms with Crippen LogP contribution in [-0.4, -0.2) is 21.4 Å². The Hall–Kier alpha value is -1.90. The fourth-order valence-electron chi connectivity index (χ4n) is 1.47. The van der Waals surface area contributed by atoms with Crippen LogP contribution < -0.4 is 0 Å². The van der Waals surface area contributed by atoms with Gasteiger partial charge in [0.25, 0.3) is 0 Å². The highest BCUT2D eigenvalue weighted by Crippen LogP contribution is 2.25. The van der Waals surface area contributed by atoms with E-state index < -0.39 is 6.10 Å². The van der Waals surface area contributed by atoms with Crippen LogP contribution >= 0.6 is 11.6 Å². The number of rotatable bonds is 4. The molecule has 0 aliphatic rings. The summed E-state index contributed by atoms with van der Waals surface area (Å²) in [5, 5.41) is 22.2.